The van der Waals surface area contributed by atoms with Crippen molar-refractivity contribution in [1.29, 1.82) is 0 Å². The highest BCUT2D eigenvalue weighted by molar-refractivity contribution is 5.67. The van der Waals surface area contributed by atoms with E-state index < -0.39 is 11.7 Å². The van der Waals surface area contributed by atoms with Crippen molar-refractivity contribution >= 4 is 6.09 Å². The van der Waals surface area contributed by atoms with Crippen LogP contribution in [-0.4, -0.2) is 104 Å². The summed E-state index contributed by atoms with van der Waals surface area (Å²) >= 11 is 0. The number of amides is 1. The normalized spacial score (nSPS) is 11.2. The van der Waals surface area contributed by atoms with Gasteiger partial charge in [0.15, 0.2) is 0 Å². The summed E-state index contributed by atoms with van der Waals surface area (Å²) in [7, 11) is 0. The second-order valence-electron chi connectivity index (χ2n) is 7.90. The Labute approximate surface area is 197 Å². The van der Waals surface area contributed by atoms with Crippen molar-refractivity contribution in [2.75, 3.05) is 92.2 Å². The predicted molar refractivity (Wildman–Crippen MR) is 124 cm³/mol. The Balaban J connectivity index is 3.12. The van der Waals surface area contributed by atoms with E-state index in [2.05, 4.69) is 20.7 Å². The van der Waals surface area contributed by atoms with E-state index in [9.17, 15) is 4.79 Å². The molecule has 0 aliphatic rings. The van der Waals surface area contributed by atoms with Gasteiger partial charge in [0.2, 0.25) is 0 Å². The molecule has 2 N–H and O–H groups in total. The van der Waals surface area contributed by atoms with Crippen LogP contribution in [-0.2, 0) is 28.4 Å². The van der Waals surface area contributed by atoms with Gasteiger partial charge in [0, 0.05) is 24.5 Å². The summed E-state index contributed by atoms with van der Waals surface area (Å²) in [6.45, 7) is 13.1. The maximum absolute atomic E-state index is 11.4. The van der Waals surface area contributed by atoms with Gasteiger partial charge in [-0.2, -0.15) is 0 Å². The zero-order valence-corrected chi connectivity index (χ0v) is 20.5. The fourth-order valence-electron chi connectivity index (χ4n) is 2.27. The van der Waals surface area contributed by atoms with E-state index in [-0.39, 0.29) is 0 Å². The molecule has 0 spiro atoms. The fourth-order valence-corrected chi connectivity index (χ4v) is 2.27. The van der Waals surface area contributed by atoms with Crippen LogP contribution in [0, 0.1) is 0 Å². The van der Waals surface area contributed by atoms with Gasteiger partial charge >= 0.3 is 6.09 Å². The number of nitrogens with one attached hydrogen (secondary N) is 2. The van der Waals surface area contributed by atoms with E-state index in [0.717, 1.165) is 25.9 Å². The van der Waals surface area contributed by atoms with E-state index in [1.54, 1.807) is 0 Å². The van der Waals surface area contributed by atoms with Gasteiger partial charge in [0.1, 0.15) is 5.60 Å². The quantitative estimate of drug-likeness (QED) is 0.0986. The molecule has 0 fully saturated rings. The molecule has 0 saturated carbocycles. The largest absolute Gasteiger partial charge is 0.444 e. The molecule has 0 aliphatic heterocycles. The molecule has 0 aromatic heterocycles. The van der Waals surface area contributed by atoms with Gasteiger partial charge in [0.25, 0.3) is 0 Å². The molecule has 0 saturated heterocycles. The van der Waals surface area contributed by atoms with E-state index in [0.29, 0.717) is 79.2 Å². The third kappa shape index (κ3) is 28.3. The molecule has 12 nitrogen and oxygen atoms in total. The van der Waals surface area contributed by atoms with Crippen LogP contribution in [0.3, 0.4) is 0 Å². The lowest BCUT2D eigenvalue weighted by molar-refractivity contribution is -0.0107. The Morgan fingerprint density at radius 3 is 1.73 bits per heavy atom. The van der Waals surface area contributed by atoms with E-state index in [1.165, 1.54) is 0 Å². The van der Waals surface area contributed by atoms with Crippen molar-refractivity contribution in [3.8, 4) is 0 Å². The van der Waals surface area contributed by atoms with Crippen molar-refractivity contribution < 1.29 is 33.2 Å². The Kier molecular flexibility index (Phi) is 22.3. The maximum Gasteiger partial charge on any atom is 0.407 e. The Morgan fingerprint density at radius 2 is 1.24 bits per heavy atom. The molecule has 194 valence electrons. The zero-order chi connectivity index (χ0) is 24.5. The number of unbranched alkanes of at least 4 members (excludes halogenated alkanes) is 1. The van der Waals surface area contributed by atoms with E-state index >= 15 is 0 Å². The van der Waals surface area contributed by atoms with Crippen LogP contribution in [0.4, 0.5) is 4.79 Å². The number of carbonyl (C=O) groups excluding carboxylic acids is 1. The van der Waals surface area contributed by atoms with E-state index in [4.69, 9.17) is 34.0 Å². The molecular weight excluding hydrogens is 434 g/mol. The number of hydrogen-bond acceptors (Lipinski definition) is 9. The second kappa shape index (κ2) is 23.5. The minimum absolute atomic E-state index is 0.390. The van der Waals surface area contributed by atoms with Crippen LogP contribution in [0.5, 0.6) is 0 Å². The molecule has 0 aromatic rings. The highest BCUT2D eigenvalue weighted by Crippen LogP contribution is 2.06. The number of nitrogens with zero attached hydrogens (tertiary/aromatic N) is 3. The average Bonchev–Trinajstić information content (AvgIpc) is 2.75. The number of alkyl carbamates (subject to hydrolysis) is 1. The first-order valence-electron chi connectivity index (χ1n) is 11.5. The number of carbonyl (C=O) groups is 1. The molecule has 0 radical (unpaired) electrons. The average molecular weight is 478 g/mol. The number of ether oxygens (including phenoxy) is 6. The van der Waals surface area contributed by atoms with Crippen LogP contribution in [0.25, 0.3) is 10.4 Å². The first-order valence-corrected chi connectivity index (χ1v) is 11.5. The lowest BCUT2D eigenvalue weighted by Gasteiger charge is -2.19. The summed E-state index contributed by atoms with van der Waals surface area (Å²) in [4.78, 5) is 14.1. The van der Waals surface area contributed by atoms with E-state index in [1.807, 2.05) is 20.8 Å². The molecule has 0 rings (SSSR count). The first-order chi connectivity index (χ1) is 16.0. The first kappa shape index (κ1) is 31.3. The SMILES string of the molecule is CC(C)(C)OC(=O)NCCOCCOCCOCCOCCOCCNCCCCN=[N+]=[N-]. The Bertz CT molecular complexity index is 500. The molecule has 33 heavy (non-hydrogen) atoms. The molecule has 0 heterocycles. The van der Waals surface area contributed by atoms with Crippen LogP contribution in [0.15, 0.2) is 5.11 Å². The van der Waals surface area contributed by atoms with Gasteiger partial charge in [-0.3, -0.25) is 0 Å². The lowest BCUT2D eigenvalue weighted by atomic mass is 10.2. The lowest BCUT2D eigenvalue weighted by Crippen LogP contribution is -2.34. The van der Waals surface area contributed by atoms with Crippen LogP contribution in [0.1, 0.15) is 33.6 Å². The third-order valence-corrected chi connectivity index (χ3v) is 3.75. The standard InChI is InChI=1S/C21H43N5O7/c1-21(2,3)33-20(27)24-9-11-29-13-15-31-17-19-32-18-16-30-14-12-28-10-8-23-6-4-5-7-25-26-22/h23H,4-19H2,1-3H3,(H,24,27). The third-order valence-electron chi connectivity index (χ3n) is 3.75. The van der Waals surface area contributed by atoms with Crippen LogP contribution in [0.2, 0.25) is 0 Å². The molecule has 12 heteroatoms. The van der Waals surface area contributed by atoms with Crippen molar-refractivity contribution in [1.82, 2.24) is 10.6 Å². The van der Waals surface area contributed by atoms with Gasteiger partial charge in [-0.1, -0.05) is 5.11 Å². The summed E-state index contributed by atoms with van der Waals surface area (Å²) in [5, 5.41) is 9.37. The summed E-state index contributed by atoms with van der Waals surface area (Å²) in [6.07, 6.45) is 1.43. The highest BCUT2D eigenvalue weighted by atomic mass is 16.6. The van der Waals surface area contributed by atoms with Gasteiger partial charge in [-0.25, -0.2) is 4.79 Å². The topological polar surface area (TPSA) is 145 Å². The van der Waals surface area contributed by atoms with Gasteiger partial charge in [-0.05, 0) is 45.7 Å². The summed E-state index contributed by atoms with van der Waals surface area (Å²) in [5.41, 5.74) is 7.66. The summed E-state index contributed by atoms with van der Waals surface area (Å²) in [6, 6.07) is 0. The highest BCUT2D eigenvalue weighted by Gasteiger charge is 2.15. The molecule has 1 amide bonds. The smallest absolute Gasteiger partial charge is 0.407 e. The van der Waals surface area contributed by atoms with Crippen molar-refractivity contribution in [2.24, 2.45) is 5.11 Å². The number of azide groups is 1. The molecule has 0 atom stereocenters. The van der Waals surface area contributed by atoms with Gasteiger partial charge in [-0.15, -0.1) is 0 Å². The van der Waals surface area contributed by atoms with Crippen molar-refractivity contribution in [3.63, 3.8) is 0 Å². The molecule has 0 bridgehead atoms. The minimum atomic E-state index is -0.503. The van der Waals surface area contributed by atoms with Crippen molar-refractivity contribution in [2.45, 2.75) is 39.2 Å². The van der Waals surface area contributed by atoms with Crippen LogP contribution < -0.4 is 10.6 Å². The molecule has 0 aliphatic carbocycles. The Morgan fingerprint density at radius 1 is 0.758 bits per heavy atom. The summed E-state index contributed by atoms with van der Waals surface area (Å²) < 4.78 is 32.2. The number of rotatable bonds is 23. The van der Waals surface area contributed by atoms with Gasteiger partial charge < -0.3 is 39.1 Å². The molecular formula is C21H43N5O7. The predicted octanol–water partition coefficient (Wildman–Crippen LogP) is 2.27. The maximum atomic E-state index is 11.4. The van der Waals surface area contributed by atoms with Crippen molar-refractivity contribution in [3.05, 3.63) is 10.4 Å². The monoisotopic (exact) mass is 477 g/mol. The minimum Gasteiger partial charge on any atom is -0.444 e. The van der Waals surface area contributed by atoms with Gasteiger partial charge in [0.05, 0.1) is 66.1 Å². The number of hydrogen-bond donors (Lipinski definition) is 2. The second-order valence-corrected chi connectivity index (χ2v) is 7.90. The fraction of sp³-hybridized carbons (Fsp3) is 0.952. The molecule has 0 aromatic carbocycles. The Hall–Kier alpha value is -1.66. The summed E-state index contributed by atoms with van der Waals surface area (Å²) in [5.74, 6) is 0. The zero-order valence-electron chi connectivity index (χ0n) is 20.5. The molecule has 0 unspecified atom stereocenters. The van der Waals surface area contributed by atoms with Crippen LogP contribution >= 0.6 is 0 Å².